The predicted molar refractivity (Wildman–Crippen MR) is 74.5 cm³/mol. The minimum absolute atomic E-state index is 0.149. The zero-order chi connectivity index (χ0) is 13.9. The van der Waals surface area contributed by atoms with Gasteiger partial charge in [-0.2, -0.15) is 0 Å². The molecule has 0 radical (unpaired) electrons. The SMILES string of the molecule is O=C(NCc1ccc(O)cc1)c1ccn2ccnc2c1. The van der Waals surface area contributed by atoms with Gasteiger partial charge in [0.05, 0.1) is 0 Å². The monoisotopic (exact) mass is 267 g/mol. The lowest BCUT2D eigenvalue weighted by atomic mass is 10.2. The topological polar surface area (TPSA) is 66.6 Å². The second-order valence-corrected chi connectivity index (χ2v) is 4.46. The molecular formula is C15H13N3O2. The number of hydrogen-bond donors (Lipinski definition) is 2. The summed E-state index contributed by atoms with van der Waals surface area (Å²) in [4.78, 5) is 16.2. The van der Waals surface area contributed by atoms with E-state index in [0.29, 0.717) is 12.1 Å². The van der Waals surface area contributed by atoms with Crippen LogP contribution in [0.3, 0.4) is 0 Å². The Balaban J connectivity index is 1.70. The van der Waals surface area contributed by atoms with Crippen molar-refractivity contribution in [2.45, 2.75) is 6.54 Å². The molecule has 0 bridgehead atoms. The molecule has 2 heterocycles. The first-order valence-electron chi connectivity index (χ1n) is 6.21. The van der Waals surface area contributed by atoms with Crippen molar-refractivity contribution in [2.24, 2.45) is 0 Å². The minimum Gasteiger partial charge on any atom is -0.508 e. The predicted octanol–water partition coefficient (Wildman–Crippen LogP) is 1.97. The average Bonchev–Trinajstić information content (AvgIpc) is 2.93. The van der Waals surface area contributed by atoms with Crippen LogP contribution >= 0.6 is 0 Å². The number of fused-ring (bicyclic) bond motifs is 1. The first-order chi connectivity index (χ1) is 9.72. The van der Waals surface area contributed by atoms with Crippen LogP contribution in [0.25, 0.3) is 5.65 Å². The first-order valence-corrected chi connectivity index (χ1v) is 6.21. The number of aromatic nitrogens is 2. The van der Waals surface area contributed by atoms with Crippen molar-refractivity contribution in [1.29, 1.82) is 0 Å². The van der Waals surface area contributed by atoms with Crippen LogP contribution in [0, 0.1) is 0 Å². The molecular weight excluding hydrogens is 254 g/mol. The zero-order valence-electron chi connectivity index (χ0n) is 10.7. The van der Waals surface area contributed by atoms with Gasteiger partial charge in [0, 0.05) is 30.7 Å². The van der Waals surface area contributed by atoms with Crippen LogP contribution in [0.1, 0.15) is 15.9 Å². The number of imidazole rings is 1. The van der Waals surface area contributed by atoms with Gasteiger partial charge in [0.1, 0.15) is 11.4 Å². The molecule has 20 heavy (non-hydrogen) atoms. The first kappa shape index (κ1) is 12.2. The third kappa shape index (κ3) is 2.47. The Morgan fingerprint density at radius 2 is 2.00 bits per heavy atom. The van der Waals surface area contributed by atoms with Crippen LogP contribution in [0.15, 0.2) is 55.0 Å². The fourth-order valence-corrected chi connectivity index (χ4v) is 1.95. The number of amides is 1. The van der Waals surface area contributed by atoms with Crippen LogP contribution in [0.4, 0.5) is 0 Å². The highest BCUT2D eigenvalue weighted by Crippen LogP contribution is 2.10. The van der Waals surface area contributed by atoms with E-state index in [1.807, 2.05) is 10.6 Å². The van der Waals surface area contributed by atoms with Crippen LogP contribution < -0.4 is 5.32 Å². The lowest BCUT2D eigenvalue weighted by Crippen LogP contribution is -2.22. The van der Waals surface area contributed by atoms with E-state index in [2.05, 4.69) is 10.3 Å². The number of phenols is 1. The number of phenolic OH excluding ortho intramolecular Hbond substituents is 1. The highest BCUT2D eigenvalue weighted by Gasteiger charge is 2.06. The highest BCUT2D eigenvalue weighted by atomic mass is 16.3. The number of benzene rings is 1. The molecule has 3 rings (SSSR count). The van der Waals surface area contributed by atoms with Crippen molar-refractivity contribution < 1.29 is 9.90 Å². The third-order valence-corrected chi connectivity index (χ3v) is 3.05. The quantitative estimate of drug-likeness (QED) is 0.762. The van der Waals surface area contributed by atoms with Gasteiger partial charge >= 0.3 is 0 Å². The minimum atomic E-state index is -0.149. The van der Waals surface area contributed by atoms with E-state index in [1.165, 1.54) is 0 Å². The molecule has 3 aromatic rings. The van der Waals surface area contributed by atoms with Crippen molar-refractivity contribution in [2.75, 3.05) is 0 Å². The second kappa shape index (κ2) is 5.05. The van der Waals surface area contributed by atoms with E-state index < -0.39 is 0 Å². The van der Waals surface area contributed by atoms with Gasteiger partial charge in [-0.3, -0.25) is 4.79 Å². The van der Waals surface area contributed by atoms with E-state index in [1.54, 1.807) is 48.8 Å². The summed E-state index contributed by atoms with van der Waals surface area (Å²) in [6.07, 6.45) is 5.32. The van der Waals surface area contributed by atoms with Crippen molar-refractivity contribution in [3.63, 3.8) is 0 Å². The molecule has 0 unspecified atom stereocenters. The number of nitrogens with one attached hydrogen (secondary N) is 1. The molecule has 0 saturated carbocycles. The Hall–Kier alpha value is -2.82. The summed E-state index contributed by atoms with van der Waals surface area (Å²) >= 11 is 0. The van der Waals surface area contributed by atoms with Gasteiger partial charge in [0.15, 0.2) is 0 Å². The van der Waals surface area contributed by atoms with Gasteiger partial charge in [0.2, 0.25) is 0 Å². The number of rotatable bonds is 3. The highest BCUT2D eigenvalue weighted by molar-refractivity contribution is 5.94. The number of hydrogen-bond acceptors (Lipinski definition) is 3. The maximum Gasteiger partial charge on any atom is 0.251 e. The molecule has 2 aromatic heterocycles. The van der Waals surface area contributed by atoms with E-state index in [-0.39, 0.29) is 11.7 Å². The molecule has 100 valence electrons. The molecule has 5 heteroatoms. The summed E-state index contributed by atoms with van der Waals surface area (Å²) < 4.78 is 1.84. The molecule has 5 nitrogen and oxygen atoms in total. The molecule has 0 aliphatic carbocycles. The van der Waals surface area contributed by atoms with Gasteiger partial charge in [0.25, 0.3) is 5.91 Å². The third-order valence-electron chi connectivity index (χ3n) is 3.05. The van der Waals surface area contributed by atoms with Crippen LogP contribution in [-0.2, 0) is 6.54 Å². The molecule has 0 fully saturated rings. The Morgan fingerprint density at radius 1 is 1.20 bits per heavy atom. The van der Waals surface area contributed by atoms with Gasteiger partial charge in [-0.05, 0) is 29.8 Å². The standard InChI is InChI=1S/C15H13N3O2/c19-13-3-1-11(2-4-13)10-17-15(20)12-5-7-18-8-6-16-14(18)9-12/h1-9,19H,10H2,(H,17,20). The van der Waals surface area contributed by atoms with Gasteiger partial charge in [-0.1, -0.05) is 12.1 Å². The second-order valence-electron chi connectivity index (χ2n) is 4.46. The van der Waals surface area contributed by atoms with Crippen LogP contribution in [-0.4, -0.2) is 20.4 Å². The normalized spacial score (nSPS) is 10.6. The number of carbonyl (C=O) groups excluding carboxylic acids is 1. The van der Waals surface area contributed by atoms with E-state index in [9.17, 15) is 9.90 Å². The fourth-order valence-electron chi connectivity index (χ4n) is 1.95. The summed E-state index contributed by atoms with van der Waals surface area (Å²) in [5.74, 6) is 0.0633. The van der Waals surface area contributed by atoms with Crippen LogP contribution in [0.5, 0.6) is 5.75 Å². The summed E-state index contributed by atoms with van der Waals surface area (Å²) in [5, 5.41) is 12.0. The van der Waals surface area contributed by atoms with Crippen molar-refractivity contribution in [1.82, 2.24) is 14.7 Å². The Morgan fingerprint density at radius 3 is 2.80 bits per heavy atom. The Bertz CT molecular complexity index is 747. The van der Waals surface area contributed by atoms with Crippen LogP contribution in [0.2, 0.25) is 0 Å². The summed E-state index contributed by atoms with van der Waals surface area (Å²) in [5.41, 5.74) is 2.24. The maximum atomic E-state index is 12.1. The lowest BCUT2D eigenvalue weighted by Gasteiger charge is -2.06. The van der Waals surface area contributed by atoms with E-state index in [0.717, 1.165) is 11.2 Å². The van der Waals surface area contributed by atoms with Crippen molar-refractivity contribution in [3.8, 4) is 5.75 Å². The lowest BCUT2D eigenvalue weighted by molar-refractivity contribution is 0.0951. The maximum absolute atomic E-state index is 12.1. The van der Waals surface area contributed by atoms with Crippen molar-refractivity contribution >= 4 is 11.6 Å². The molecule has 0 spiro atoms. The van der Waals surface area contributed by atoms with Gasteiger partial charge < -0.3 is 14.8 Å². The molecule has 0 atom stereocenters. The number of pyridine rings is 1. The fraction of sp³-hybridized carbons (Fsp3) is 0.0667. The largest absolute Gasteiger partial charge is 0.508 e. The summed E-state index contributed by atoms with van der Waals surface area (Å²) in [6.45, 7) is 0.415. The average molecular weight is 267 g/mol. The van der Waals surface area contributed by atoms with E-state index in [4.69, 9.17) is 0 Å². The molecule has 2 N–H and O–H groups in total. The summed E-state index contributed by atoms with van der Waals surface area (Å²) in [7, 11) is 0. The summed E-state index contributed by atoms with van der Waals surface area (Å²) in [6, 6.07) is 10.2. The molecule has 0 aliphatic heterocycles. The van der Waals surface area contributed by atoms with Gasteiger partial charge in [-0.15, -0.1) is 0 Å². The smallest absolute Gasteiger partial charge is 0.251 e. The number of aromatic hydroxyl groups is 1. The van der Waals surface area contributed by atoms with Gasteiger partial charge in [-0.25, -0.2) is 4.98 Å². The molecule has 1 amide bonds. The molecule has 0 aliphatic rings. The Labute approximate surface area is 115 Å². The van der Waals surface area contributed by atoms with Crippen molar-refractivity contribution in [3.05, 3.63) is 66.1 Å². The van der Waals surface area contributed by atoms with E-state index >= 15 is 0 Å². The number of nitrogens with zero attached hydrogens (tertiary/aromatic N) is 2. The molecule has 0 saturated heterocycles. The Kier molecular flexibility index (Phi) is 3.09. The zero-order valence-corrected chi connectivity index (χ0v) is 10.7. The number of carbonyl (C=O) groups is 1. The molecule has 1 aromatic carbocycles.